The standard InChI is InChI=1S/C7H9Cl3N4O/c1-2-13(4-6(9)15)7-3-5(8)11-14(10)12-7/h3,12H,2,4H2,1H3. The second-order valence-corrected chi connectivity index (χ2v) is 3.82. The molecular weight excluding hydrogens is 262 g/mol. The van der Waals surface area contributed by atoms with Crippen LogP contribution in [-0.4, -0.2) is 33.0 Å². The molecule has 84 valence electrons. The van der Waals surface area contributed by atoms with Crippen LogP contribution in [0.2, 0.25) is 0 Å². The van der Waals surface area contributed by atoms with Crippen molar-refractivity contribution in [2.75, 3.05) is 13.1 Å². The molecule has 1 aliphatic heterocycles. The predicted octanol–water partition coefficient (Wildman–Crippen LogP) is 1.44. The van der Waals surface area contributed by atoms with E-state index >= 15 is 0 Å². The zero-order valence-corrected chi connectivity index (χ0v) is 10.1. The number of nitrogens with one attached hydrogen (secondary N) is 1. The third kappa shape index (κ3) is 3.77. The highest BCUT2D eigenvalue weighted by Crippen LogP contribution is 2.11. The largest absolute Gasteiger partial charge is 0.349 e. The fourth-order valence-corrected chi connectivity index (χ4v) is 1.59. The lowest BCUT2D eigenvalue weighted by Gasteiger charge is -2.28. The molecule has 0 aliphatic carbocycles. The van der Waals surface area contributed by atoms with E-state index in [1.54, 1.807) is 11.0 Å². The van der Waals surface area contributed by atoms with Crippen LogP contribution in [0.25, 0.3) is 0 Å². The van der Waals surface area contributed by atoms with E-state index < -0.39 is 5.24 Å². The first-order chi connectivity index (χ1) is 7.02. The first-order valence-corrected chi connectivity index (χ1v) is 5.24. The van der Waals surface area contributed by atoms with E-state index in [9.17, 15) is 4.79 Å². The number of hydrazine groups is 1. The lowest BCUT2D eigenvalue weighted by atomic mass is 10.4. The maximum atomic E-state index is 10.8. The molecule has 0 amide bonds. The lowest BCUT2D eigenvalue weighted by Crippen LogP contribution is -2.40. The summed E-state index contributed by atoms with van der Waals surface area (Å²) in [7, 11) is 0. The Morgan fingerprint density at radius 2 is 2.40 bits per heavy atom. The Balaban J connectivity index is 2.76. The summed E-state index contributed by atoms with van der Waals surface area (Å²) in [5, 5.41) is 3.44. The van der Waals surface area contributed by atoms with E-state index in [0.29, 0.717) is 12.4 Å². The second-order valence-electron chi connectivity index (χ2n) is 2.69. The second kappa shape index (κ2) is 5.44. The van der Waals surface area contributed by atoms with E-state index in [-0.39, 0.29) is 11.7 Å². The summed E-state index contributed by atoms with van der Waals surface area (Å²) >= 11 is 16.6. The number of hydrazone groups is 1. The number of hydrogen-bond acceptors (Lipinski definition) is 5. The molecule has 1 aliphatic rings. The third-order valence-corrected chi connectivity index (χ3v) is 2.15. The summed E-state index contributed by atoms with van der Waals surface area (Å²) in [5.74, 6) is 0.571. The zero-order chi connectivity index (χ0) is 11.4. The van der Waals surface area contributed by atoms with Crippen LogP contribution < -0.4 is 5.43 Å². The molecule has 0 radical (unpaired) electrons. The molecule has 0 spiro atoms. The molecule has 1 rings (SSSR count). The zero-order valence-electron chi connectivity index (χ0n) is 7.88. The van der Waals surface area contributed by atoms with E-state index in [2.05, 4.69) is 10.5 Å². The SMILES string of the molecule is CCN(CC(=O)Cl)C1=CC(Cl)=NN(Cl)N1. The quantitative estimate of drug-likeness (QED) is 0.621. The highest BCUT2D eigenvalue weighted by Gasteiger charge is 2.16. The molecule has 0 bridgehead atoms. The Kier molecular flexibility index (Phi) is 4.50. The van der Waals surface area contributed by atoms with Crippen molar-refractivity contribution < 1.29 is 4.79 Å². The van der Waals surface area contributed by atoms with Crippen LogP contribution >= 0.6 is 35.0 Å². The van der Waals surface area contributed by atoms with Crippen LogP contribution in [0.4, 0.5) is 0 Å². The van der Waals surface area contributed by atoms with Crippen LogP contribution in [0.15, 0.2) is 17.0 Å². The van der Waals surface area contributed by atoms with E-state index in [0.717, 1.165) is 4.64 Å². The first-order valence-electron chi connectivity index (χ1n) is 4.14. The monoisotopic (exact) mass is 270 g/mol. The molecule has 0 aromatic heterocycles. The molecule has 1 N–H and O–H groups in total. The van der Waals surface area contributed by atoms with Crippen molar-refractivity contribution in [2.24, 2.45) is 5.10 Å². The minimum absolute atomic E-state index is 0.0752. The van der Waals surface area contributed by atoms with Crippen LogP contribution in [0.5, 0.6) is 0 Å². The summed E-state index contributed by atoms with van der Waals surface area (Å²) in [6.07, 6.45) is 1.56. The van der Waals surface area contributed by atoms with Gasteiger partial charge in [0.2, 0.25) is 5.24 Å². The normalized spacial score (nSPS) is 15.3. The Labute approximate surface area is 102 Å². The summed E-state index contributed by atoms with van der Waals surface area (Å²) < 4.78 is 0.943. The minimum atomic E-state index is -0.459. The fraction of sp³-hybridized carbons (Fsp3) is 0.429. The van der Waals surface area contributed by atoms with Crippen LogP contribution in [0.3, 0.4) is 0 Å². The maximum Gasteiger partial charge on any atom is 0.241 e. The molecule has 0 unspecified atom stereocenters. The molecule has 15 heavy (non-hydrogen) atoms. The molecule has 8 heteroatoms. The smallest absolute Gasteiger partial charge is 0.241 e. The van der Waals surface area contributed by atoms with Crippen LogP contribution in [0, 0.1) is 0 Å². The molecular formula is C7H9Cl3N4O. The number of hydrogen-bond donors (Lipinski definition) is 1. The van der Waals surface area contributed by atoms with Gasteiger partial charge >= 0.3 is 0 Å². The van der Waals surface area contributed by atoms with Gasteiger partial charge in [-0.1, -0.05) is 11.6 Å². The van der Waals surface area contributed by atoms with Gasteiger partial charge in [-0.2, -0.15) is 0 Å². The van der Waals surface area contributed by atoms with Crippen molar-refractivity contribution in [3.05, 3.63) is 11.9 Å². The molecule has 0 saturated carbocycles. The number of carbonyl (C=O) groups excluding carboxylic acids is 1. The van der Waals surface area contributed by atoms with Gasteiger partial charge < -0.3 is 4.90 Å². The highest BCUT2D eigenvalue weighted by atomic mass is 35.5. The van der Waals surface area contributed by atoms with E-state index in [1.165, 1.54) is 0 Å². The lowest BCUT2D eigenvalue weighted by molar-refractivity contribution is -0.112. The van der Waals surface area contributed by atoms with Crippen molar-refractivity contribution in [3.8, 4) is 0 Å². The van der Waals surface area contributed by atoms with Crippen LogP contribution in [-0.2, 0) is 4.79 Å². The van der Waals surface area contributed by atoms with Crippen molar-refractivity contribution in [1.82, 2.24) is 15.0 Å². The molecule has 1 heterocycles. The summed E-state index contributed by atoms with van der Waals surface area (Å²) in [6, 6.07) is 0. The topological polar surface area (TPSA) is 47.9 Å². The molecule has 0 saturated heterocycles. The molecule has 0 aromatic rings. The van der Waals surface area contributed by atoms with Crippen molar-refractivity contribution in [1.29, 1.82) is 0 Å². The predicted molar refractivity (Wildman–Crippen MR) is 60.3 cm³/mol. The number of allylic oxidation sites excluding steroid dienone is 1. The summed E-state index contributed by atoms with van der Waals surface area (Å²) in [4.78, 5) is 12.5. The summed E-state index contributed by atoms with van der Waals surface area (Å²) in [5.41, 5.74) is 2.71. The van der Waals surface area contributed by atoms with Gasteiger partial charge in [-0.25, -0.2) is 0 Å². The van der Waals surface area contributed by atoms with Gasteiger partial charge in [-0.05, 0) is 18.5 Å². The van der Waals surface area contributed by atoms with Gasteiger partial charge in [0, 0.05) is 12.6 Å². The van der Waals surface area contributed by atoms with Gasteiger partial charge in [0.25, 0.3) is 0 Å². The highest BCUT2D eigenvalue weighted by molar-refractivity contribution is 6.68. The average Bonchev–Trinajstić information content (AvgIpc) is 2.12. The number of rotatable bonds is 4. The molecule has 0 fully saturated rings. The Hall–Kier alpha value is -0.650. The Morgan fingerprint density at radius 3 is 2.87 bits per heavy atom. The van der Waals surface area contributed by atoms with Crippen LogP contribution in [0.1, 0.15) is 6.92 Å². The van der Waals surface area contributed by atoms with Crippen molar-refractivity contribution >= 4 is 45.4 Å². The first kappa shape index (κ1) is 12.4. The Morgan fingerprint density at radius 1 is 1.73 bits per heavy atom. The number of likely N-dealkylation sites (N-methyl/N-ethyl adjacent to an activating group) is 1. The number of carbonyl (C=O) groups is 1. The van der Waals surface area contributed by atoms with Crippen molar-refractivity contribution in [2.45, 2.75) is 6.92 Å². The van der Waals surface area contributed by atoms with Gasteiger partial charge in [-0.3, -0.25) is 10.2 Å². The molecule has 0 atom stereocenters. The molecule has 5 nitrogen and oxygen atoms in total. The number of nitrogens with zero attached hydrogens (tertiary/aromatic N) is 3. The van der Waals surface area contributed by atoms with Gasteiger partial charge in [0.1, 0.15) is 5.82 Å². The Bertz CT molecular complexity index is 317. The van der Waals surface area contributed by atoms with Gasteiger partial charge in [-0.15, -0.1) is 9.74 Å². The average molecular weight is 272 g/mol. The van der Waals surface area contributed by atoms with E-state index in [1.807, 2.05) is 6.92 Å². The number of halogens is 3. The van der Waals surface area contributed by atoms with Gasteiger partial charge in [0.05, 0.1) is 18.3 Å². The third-order valence-electron chi connectivity index (χ3n) is 1.68. The molecule has 0 aromatic carbocycles. The maximum absolute atomic E-state index is 10.8. The minimum Gasteiger partial charge on any atom is -0.349 e. The van der Waals surface area contributed by atoms with E-state index in [4.69, 9.17) is 35.0 Å². The summed E-state index contributed by atoms with van der Waals surface area (Å²) in [6.45, 7) is 2.54. The van der Waals surface area contributed by atoms with Crippen molar-refractivity contribution in [3.63, 3.8) is 0 Å². The van der Waals surface area contributed by atoms with Gasteiger partial charge in [0.15, 0.2) is 5.17 Å². The fourth-order valence-electron chi connectivity index (χ4n) is 1.06.